The van der Waals surface area contributed by atoms with Crippen LogP contribution in [0, 0.1) is 0 Å². The molecule has 1 unspecified atom stereocenters. The third-order valence-corrected chi connectivity index (χ3v) is 6.87. The van der Waals surface area contributed by atoms with E-state index in [1.54, 1.807) is 25.3 Å². The largest absolute Gasteiger partial charge is 0.462 e. The Bertz CT molecular complexity index is 1300. The smallest absolute Gasteiger partial charge is 0.416 e. The summed E-state index contributed by atoms with van der Waals surface area (Å²) >= 11 is 0. The lowest BCUT2D eigenvalue weighted by Crippen LogP contribution is -2.42. The second-order valence-corrected chi connectivity index (χ2v) is 10.9. The fourth-order valence-electron chi connectivity index (χ4n) is 3.43. The van der Waals surface area contributed by atoms with Crippen molar-refractivity contribution < 1.29 is 41.3 Å². The Balaban J connectivity index is 1.80. The molecule has 0 spiro atoms. The zero-order valence-corrected chi connectivity index (χ0v) is 22.6. The van der Waals surface area contributed by atoms with Crippen molar-refractivity contribution in [3.63, 3.8) is 0 Å². The van der Waals surface area contributed by atoms with Crippen molar-refractivity contribution in [3.8, 4) is 5.75 Å². The highest BCUT2D eigenvalue weighted by Gasteiger charge is 2.35. The fourth-order valence-corrected chi connectivity index (χ4v) is 5.18. The van der Waals surface area contributed by atoms with E-state index in [1.165, 1.54) is 19.8 Å². The van der Waals surface area contributed by atoms with Crippen LogP contribution in [0.4, 0.5) is 19.0 Å². The van der Waals surface area contributed by atoms with Crippen molar-refractivity contribution >= 4 is 30.5 Å². The van der Waals surface area contributed by atoms with E-state index in [9.17, 15) is 22.5 Å². The number of nitrogen functional groups attached to an aromatic ring is 1. The number of fused-ring (bicyclic) bond motifs is 1. The number of carbonyl (C=O) groups is 1. The van der Waals surface area contributed by atoms with Gasteiger partial charge in [0.05, 0.1) is 37.3 Å². The van der Waals surface area contributed by atoms with E-state index >= 15 is 0 Å². The van der Waals surface area contributed by atoms with E-state index in [0.717, 1.165) is 24.3 Å². The van der Waals surface area contributed by atoms with Crippen LogP contribution in [0.2, 0.25) is 0 Å². The molecule has 0 bridgehead atoms. The number of nitrogens with zero attached hydrogens (tertiary/aromatic N) is 4. The highest BCUT2D eigenvalue weighted by Crippen LogP contribution is 2.44. The van der Waals surface area contributed by atoms with E-state index in [-0.39, 0.29) is 24.7 Å². The Morgan fingerprint density at radius 3 is 2.46 bits per heavy atom. The molecular weight excluding hydrogens is 544 g/mol. The van der Waals surface area contributed by atoms with Gasteiger partial charge in [-0.05, 0) is 45.0 Å². The van der Waals surface area contributed by atoms with Gasteiger partial charge in [0.1, 0.15) is 30.0 Å². The molecule has 3 rings (SSSR count). The normalized spacial score (nSPS) is 15.2. The molecule has 3 N–H and O–H groups in total. The van der Waals surface area contributed by atoms with Crippen molar-refractivity contribution in [2.45, 2.75) is 51.7 Å². The molecule has 0 aliphatic carbocycles. The monoisotopic (exact) mass is 574 g/mol. The van der Waals surface area contributed by atoms with Gasteiger partial charge in [0.2, 0.25) is 0 Å². The van der Waals surface area contributed by atoms with Gasteiger partial charge < -0.3 is 29.0 Å². The molecule has 2 heterocycles. The van der Waals surface area contributed by atoms with E-state index in [4.69, 9.17) is 24.5 Å². The van der Waals surface area contributed by atoms with Crippen molar-refractivity contribution in [3.05, 3.63) is 42.5 Å². The van der Waals surface area contributed by atoms with Crippen molar-refractivity contribution in [1.82, 2.24) is 24.6 Å². The van der Waals surface area contributed by atoms with Crippen LogP contribution >= 0.6 is 7.52 Å². The van der Waals surface area contributed by atoms with Crippen LogP contribution in [0.5, 0.6) is 5.75 Å². The fraction of sp³-hybridized carbons (Fsp3) is 0.478. The lowest BCUT2D eigenvalue weighted by atomic mass is 10.2. The molecule has 12 nitrogen and oxygen atoms in total. The second kappa shape index (κ2) is 12.7. The van der Waals surface area contributed by atoms with E-state index in [0.29, 0.717) is 11.2 Å². The summed E-state index contributed by atoms with van der Waals surface area (Å²) in [5.41, 5.74) is 5.79. The van der Waals surface area contributed by atoms with Crippen LogP contribution < -0.4 is 15.3 Å². The highest BCUT2D eigenvalue weighted by molar-refractivity contribution is 7.57. The van der Waals surface area contributed by atoms with E-state index < -0.39 is 49.8 Å². The average molecular weight is 574 g/mol. The molecule has 2 aromatic heterocycles. The lowest BCUT2D eigenvalue weighted by molar-refractivity contribution is -0.150. The van der Waals surface area contributed by atoms with E-state index in [1.807, 2.05) is 0 Å². The summed E-state index contributed by atoms with van der Waals surface area (Å²) in [6.07, 6.45) is -3.35. The molecule has 0 amide bonds. The van der Waals surface area contributed by atoms with Crippen LogP contribution in [0.25, 0.3) is 11.2 Å². The van der Waals surface area contributed by atoms with Crippen LogP contribution in [-0.2, 0) is 36.3 Å². The second-order valence-electron chi connectivity index (χ2n) is 8.84. The Kier molecular flexibility index (Phi) is 9.88. The van der Waals surface area contributed by atoms with E-state index in [2.05, 4.69) is 20.0 Å². The molecule has 0 aliphatic rings. The molecule has 0 fully saturated rings. The topological polar surface area (TPSA) is 153 Å². The first-order valence-corrected chi connectivity index (χ1v) is 13.6. The number of esters is 1. The molecule has 3 atom stereocenters. The summed E-state index contributed by atoms with van der Waals surface area (Å²) in [6, 6.07) is 2.43. The van der Waals surface area contributed by atoms with Gasteiger partial charge >= 0.3 is 19.7 Å². The van der Waals surface area contributed by atoms with Gasteiger partial charge in [-0.3, -0.25) is 9.36 Å². The molecule has 0 radical (unpaired) electrons. The number of hydrogen-bond acceptors (Lipinski definition) is 10. The van der Waals surface area contributed by atoms with Gasteiger partial charge in [-0.25, -0.2) is 20.0 Å². The Hall–Kier alpha value is -3.26. The minimum Gasteiger partial charge on any atom is -0.462 e. The van der Waals surface area contributed by atoms with Gasteiger partial charge in [0, 0.05) is 7.11 Å². The highest BCUT2D eigenvalue weighted by atomic mass is 31.2. The minimum absolute atomic E-state index is 0.128. The number of aromatic nitrogens is 4. The molecular formula is C23H30F3N6O6P. The number of anilines is 1. The third kappa shape index (κ3) is 8.36. The average Bonchev–Trinajstić information content (AvgIpc) is 3.26. The van der Waals surface area contributed by atoms with Gasteiger partial charge in [0.25, 0.3) is 0 Å². The van der Waals surface area contributed by atoms with Crippen LogP contribution in [0.15, 0.2) is 36.9 Å². The zero-order chi connectivity index (χ0) is 28.8. The number of nitrogens with two attached hydrogens (primary N) is 1. The zero-order valence-electron chi connectivity index (χ0n) is 21.7. The first kappa shape index (κ1) is 30.3. The van der Waals surface area contributed by atoms with Crippen molar-refractivity contribution in [1.29, 1.82) is 0 Å². The number of halogens is 3. The van der Waals surface area contributed by atoms with Crippen LogP contribution in [0.3, 0.4) is 0 Å². The number of nitrogens with one attached hydrogen (secondary N) is 1. The Morgan fingerprint density at radius 1 is 1.15 bits per heavy atom. The predicted molar refractivity (Wildman–Crippen MR) is 135 cm³/mol. The predicted octanol–water partition coefficient (Wildman–Crippen LogP) is 3.62. The van der Waals surface area contributed by atoms with Crippen molar-refractivity contribution in [2.75, 3.05) is 25.8 Å². The SMILES string of the molecule is COC[C@H](NP(=O)(CO[C@H](C)Cn1cnc2c(N)ncnc21)Oc1ccc(C(F)(F)F)cc1)C(=O)OC(C)C. The lowest BCUT2D eigenvalue weighted by Gasteiger charge is -2.26. The van der Waals surface area contributed by atoms with Gasteiger partial charge in [0.15, 0.2) is 11.5 Å². The minimum atomic E-state index is -4.56. The summed E-state index contributed by atoms with van der Waals surface area (Å²) in [5, 5.41) is 2.61. The summed E-state index contributed by atoms with van der Waals surface area (Å²) in [4.78, 5) is 24.8. The Morgan fingerprint density at radius 2 is 1.85 bits per heavy atom. The summed E-state index contributed by atoms with van der Waals surface area (Å²) in [7, 11) is -2.75. The molecule has 39 heavy (non-hydrogen) atoms. The maximum atomic E-state index is 13.9. The number of carbonyl (C=O) groups excluding carboxylic acids is 1. The first-order valence-electron chi connectivity index (χ1n) is 11.8. The number of alkyl halides is 3. The Labute approximate surface area is 222 Å². The third-order valence-electron chi connectivity index (χ3n) is 5.17. The number of benzene rings is 1. The molecule has 1 aromatic carbocycles. The summed E-state index contributed by atoms with van der Waals surface area (Å²) < 4.78 is 76.2. The standard InChI is InChI=1S/C23H30F3N6O6P/c1-14(2)37-22(33)18(10-35-4)31-39(34,38-17-7-5-16(6-8-17)23(24,25)26)13-36-15(3)9-32-12-30-19-20(27)28-11-29-21(19)32/h5-8,11-12,14-15,18H,9-10,13H2,1-4H3,(H,31,34)(H2,27,28,29)/t15-,18+,39?/m1/s1. The number of methoxy groups -OCH3 is 1. The molecule has 16 heteroatoms. The molecule has 0 saturated heterocycles. The maximum Gasteiger partial charge on any atom is 0.416 e. The van der Waals surface area contributed by atoms with Gasteiger partial charge in [-0.2, -0.15) is 13.2 Å². The van der Waals surface area contributed by atoms with Crippen molar-refractivity contribution in [2.24, 2.45) is 0 Å². The molecule has 214 valence electrons. The number of hydrogen-bond donors (Lipinski definition) is 2. The van der Waals surface area contributed by atoms with Gasteiger partial charge in [-0.15, -0.1) is 0 Å². The van der Waals surface area contributed by atoms with Gasteiger partial charge in [-0.1, -0.05) is 0 Å². The quantitative estimate of drug-likeness (QED) is 0.227. The molecule has 0 saturated carbocycles. The number of imidazole rings is 1. The first-order chi connectivity index (χ1) is 18.3. The van der Waals surface area contributed by atoms with Crippen LogP contribution in [0.1, 0.15) is 26.3 Å². The molecule has 0 aliphatic heterocycles. The van der Waals surface area contributed by atoms with Crippen LogP contribution in [-0.4, -0.2) is 63.8 Å². The number of rotatable bonds is 13. The number of ether oxygens (including phenoxy) is 3. The molecule has 3 aromatic rings. The maximum absolute atomic E-state index is 13.9. The summed E-state index contributed by atoms with van der Waals surface area (Å²) in [6.45, 7) is 4.98. The summed E-state index contributed by atoms with van der Waals surface area (Å²) in [5.74, 6) is -0.669.